The maximum Gasteiger partial charge on any atom is 0.229 e. The van der Waals surface area contributed by atoms with Gasteiger partial charge in [-0.05, 0) is 48.0 Å². The Morgan fingerprint density at radius 1 is 1.13 bits per heavy atom. The number of allylic oxidation sites excluding steroid dienone is 1. The van der Waals surface area contributed by atoms with E-state index >= 15 is 0 Å². The molecule has 0 fully saturated rings. The zero-order chi connectivity index (χ0) is 16.9. The Bertz CT molecular complexity index is 824. The number of hydrogen-bond donors (Lipinski definition) is 1. The van der Waals surface area contributed by atoms with Crippen LogP contribution in [0.3, 0.4) is 0 Å². The Labute approximate surface area is 135 Å². The van der Waals surface area contributed by atoms with Crippen LogP contribution in [-0.4, -0.2) is 27.6 Å². The van der Waals surface area contributed by atoms with Gasteiger partial charge in [0.25, 0.3) is 0 Å². The molecule has 2 aromatic rings. The van der Waals surface area contributed by atoms with Gasteiger partial charge < -0.3 is 4.74 Å². The minimum absolute atomic E-state index is 0.168. The molecule has 0 aliphatic rings. The van der Waals surface area contributed by atoms with Crippen LogP contribution < -0.4 is 9.46 Å². The molecule has 6 heteroatoms. The molecule has 0 heterocycles. The Kier molecular flexibility index (Phi) is 5.18. The molecule has 1 N–H and O–H groups in total. The van der Waals surface area contributed by atoms with E-state index in [-0.39, 0.29) is 5.78 Å². The predicted octanol–water partition coefficient (Wildman–Crippen LogP) is 2.96. The summed E-state index contributed by atoms with van der Waals surface area (Å²) in [5.74, 6) is 0.550. The molecule has 2 rings (SSSR count). The molecule has 120 valence electrons. The number of sulfonamides is 1. The van der Waals surface area contributed by atoms with Gasteiger partial charge in [0, 0.05) is 11.3 Å². The van der Waals surface area contributed by atoms with E-state index in [2.05, 4.69) is 4.72 Å². The highest BCUT2D eigenvalue weighted by atomic mass is 32.2. The Hall–Kier alpha value is -2.60. The number of carbonyl (C=O) groups is 1. The van der Waals surface area contributed by atoms with Crippen molar-refractivity contribution >= 4 is 27.6 Å². The summed E-state index contributed by atoms with van der Waals surface area (Å²) in [5, 5.41) is 0. The van der Waals surface area contributed by atoms with Crippen molar-refractivity contribution < 1.29 is 17.9 Å². The van der Waals surface area contributed by atoms with Crippen LogP contribution in [0.2, 0.25) is 0 Å². The highest BCUT2D eigenvalue weighted by Gasteiger charge is 2.04. The molecule has 0 atom stereocenters. The highest BCUT2D eigenvalue weighted by molar-refractivity contribution is 7.92. The second-order valence-electron chi connectivity index (χ2n) is 4.93. The molecule has 2 aromatic carbocycles. The number of carbonyl (C=O) groups excluding carboxylic acids is 1. The van der Waals surface area contributed by atoms with Gasteiger partial charge in [0.05, 0.1) is 13.4 Å². The molecule has 0 aromatic heterocycles. The lowest BCUT2D eigenvalue weighted by molar-refractivity contribution is 0.104. The summed E-state index contributed by atoms with van der Waals surface area (Å²) in [6.45, 7) is 0. The van der Waals surface area contributed by atoms with E-state index in [4.69, 9.17) is 4.74 Å². The second-order valence-corrected chi connectivity index (χ2v) is 6.67. The smallest absolute Gasteiger partial charge is 0.229 e. The second kappa shape index (κ2) is 7.11. The lowest BCUT2D eigenvalue weighted by atomic mass is 10.1. The summed E-state index contributed by atoms with van der Waals surface area (Å²) < 4.78 is 29.7. The maximum atomic E-state index is 12.1. The maximum absolute atomic E-state index is 12.1. The fraction of sp³-hybridized carbons (Fsp3) is 0.118. The summed E-state index contributed by atoms with van der Waals surface area (Å²) in [5.41, 5.74) is 1.75. The summed E-state index contributed by atoms with van der Waals surface area (Å²) in [6.07, 6.45) is 4.24. The monoisotopic (exact) mass is 331 g/mol. The predicted molar refractivity (Wildman–Crippen MR) is 91.3 cm³/mol. The van der Waals surface area contributed by atoms with Gasteiger partial charge in [0.15, 0.2) is 5.78 Å². The van der Waals surface area contributed by atoms with Gasteiger partial charge in [-0.25, -0.2) is 8.42 Å². The Morgan fingerprint density at radius 3 is 2.43 bits per heavy atom. The molecular weight excluding hydrogens is 314 g/mol. The minimum Gasteiger partial charge on any atom is -0.497 e. The van der Waals surface area contributed by atoms with Crippen LogP contribution in [0.25, 0.3) is 6.08 Å². The van der Waals surface area contributed by atoms with Crippen LogP contribution in [0.4, 0.5) is 5.69 Å². The first-order valence-corrected chi connectivity index (χ1v) is 8.71. The molecule has 0 aliphatic heterocycles. The number of ether oxygens (including phenoxy) is 1. The van der Waals surface area contributed by atoms with Gasteiger partial charge in [-0.1, -0.05) is 18.2 Å². The van der Waals surface area contributed by atoms with Crippen molar-refractivity contribution in [1.82, 2.24) is 0 Å². The third kappa shape index (κ3) is 5.27. The quantitative estimate of drug-likeness (QED) is 0.652. The third-order valence-electron chi connectivity index (χ3n) is 2.99. The highest BCUT2D eigenvalue weighted by Crippen LogP contribution is 2.15. The third-order valence-corrected chi connectivity index (χ3v) is 3.60. The van der Waals surface area contributed by atoms with Crippen LogP contribution in [0.5, 0.6) is 5.75 Å². The number of rotatable bonds is 6. The topological polar surface area (TPSA) is 72.5 Å². The molecule has 0 spiro atoms. The number of methoxy groups -OCH3 is 1. The van der Waals surface area contributed by atoms with E-state index < -0.39 is 10.0 Å². The summed E-state index contributed by atoms with van der Waals surface area (Å²) >= 11 is 0. The van der Waals surface area contributed by atoms with Gasteiger partial charge in [0.2, 0.25) is 10.0 Å². The van der Waals surface area contributed by atoms with E-state index in [0.717, 1.165) is 17.6 Å². The van der Waals surface area contributed by atoms with Crippen molar-refractivity contribution in [3.63, 3.8) is 0 Å². The van der Waals surface area contributed by atoms with Crippen LogP contribution >= 0.6 is 0 Å². The van der Waals surface area contributed by atoms with Crippen molar-refractivity contribution in [3.8, 4) is 5.75 Å². The zero-order valence-electron chi connectivity index (χ0n) is 12.8. The van der Waals surface area contributed by atoms with Crippen molar-refractivity contribution in [1.29, 1.82) is 0 Å². The van der Waals surface area contributed by atoms with Crippen LogP contribution in [0, 0.1) is 0 Å². The van der Waals surface area contributed by atoms with Gasteiger partial charge in [-0.3, -0.25) is 9.52 Å². The molecular formula is C17H17NO4S. The number of hydrogen-bond acceptors (Lipinski definition) is 4. The van der Waals surface area contributed by atoms with Crippen LogP contribution in [-0.2, 0) is 10.0 Å². The van der Waals surface area contributed by atoms with E-state index in [0.29, 0.717) is 11.3 Å². The summed E-state index contributed by atoms with van der Waals surface area (Å²) in [4.78, 5) is 12.1. The SMILES string of the molecule is COc1cccc(/C=C/C(=O)c2ccc(NS(C)(=O)=O)cc2)c1. The van der Waals surface area contributed by atoms with Crippen molar-refractivity contribution in [2.75, 3.05) is 18.1 Å². The first-order valence-electron chi connectivity index (χ1n) is 6.82. The fourth-order valence-corrected chi connectivity index (χ4v) is 2.49. The van der Waals surface area contributed by atoms with E-state index in [9.17, 15) is 13.2 Å². The molecule has 0 saturated carbocycles. The Balaban J connectivity index is 2.09. The number of nitrogens with one attached hydrogen (secondary N) is 1. The zero-order valence-corrected chi connectivity index (χ0v) is 13.6. The molecule has 0 saturated heterocycles. The standard InChI is InChI=1S/C17H17NO4S/c1-22-16-5-3-4-13(12-16)6-11-17(19)14-7-9-15(10-8-14)18-23(2,20)21/h3-12,18H,1-2H3/b11-6+. The fourth-order valence-electron chi connectivity index (χ4n) is 1.93. The number of anilines is 1. The summed E-state index contributed by atoms with van der Waals surface area (Å²) in [6, 6.07) is 13.6. The lowest BCUT2D eigenvalue weighted by Crippen LogP contribution is -2.09. The van der Waals surface area contributed by atoms with Gasteiger partial charge >= 0.3 is 0 Å². The molecule has 0 radical (unpaired) electrons. The first kappa shape index (κ1) is 16.8. The average molecular weight is 331 g/mol. The lowest BCUT2D eigenvalue weighted by Gasteiger charge is -2.04. The summed E-state index contributed by atoms with van der Waals surface area (Å²) in [7, 11) is -1.74. The average Bonchev–Trinajstić information content (AvgIpc) is 2.52. The molecule has 0 aliphatic carbocycles. The van der Waals surface area contributed by atoms with Crippen LogP contribution in [0.15, 0.2) is 54.6 Å². The van der Waals surface area contributed by atoms with Crippen molar-refractivity contribution in [2.24, 2.45) is 0 Å². The number of benzene rings is 2. The van der Waals surface area contributed by atoms with E-state index in [1.807, 2.05) is 24.3 Å². The molecule has 23 heavy (non-hydrogen) atoms. The van der Waals surface area contributed by atoms with Gasteiger partial charge in [-0.2, -0.15) is 0 Å². The number of ketones is 1. The van der Waals surface area contributed by atoms with Gasteiger partial charge in [-0.15, -0.1) is 0 Å². The normalized spacial score (nSPS) is 11.4. The van der Waals surface area contributed by atoms with Crippen molar-refractivity contribution in [3.05, 3.63) is 65.7 Å². The first-order chi connectivity index (χ1) is 10.9. The Morgan fingerprint density at radius 2 is 1.83 bits per heavy atom. The molecule has 0 amide bonds. The largest absolute Gasteiger partial charge is 0.497 e. The van der Waals surface area contributed by atoms with E-state index in [1.54, 1.807) is 37.5 Å². The van der Waals surface area contributed by atoms with Crippen LogP contribution in [0.1, 0.15) is 15.9 Å². The molecule has 5 nitrogen and oxygen atoms in total. The van der Waals surface area contributed by atoms with Crippen molar-refractivity contribution in [2.45, 2.75) is 0 Å². The molecule has 0 bridgehead atoms. The minimum atomic E-state index is -3.32. The van der Waals surface area contributed by atoms with Gasteiger partial charge in [0.1, 0.15) is 5.75 Å². The van der Waals surface area contributed by atoms with E-state index in [1.165, 1.54) is 6.08 Å². The molecule has 0 unspecified atom stereocenters.